The summed E-state index contributed by atoms with van der Waals surface area (Å²) in [5.41, 5.74) is 5.22. The largest absolute Gasteiger partial charge is 0.207 e. The van der Waals surface area contributed by atoms with Crippen LogP contribution in [0.15, 0.2) is 40.9 Å². The Kier molecular flexibility index (Phi) is 3.77. The van der Waals surface area contributed by atoms with E-state index in [1.165, 1.54) is 48.1 Å². The zero-order chi connectivity index (χ0) is 13.4. The summed E-state index contributed by atoms with van der Waals surface area (Å²) in [5, 5.41) is 0. The summed E-state index contributed by atoms with van der Waals surface area (Å²) in [4.78, 5) is 0.0911. The van der Waals surface area contributed by atoms with Gasteiger partial charge >= 0.3 is 0 Å². The highest BCUT2D eigenvalue weighted by Crippen LogP contribution is 2.37. The predicted molar refractivity (Wildman–Crippen MR) is 83.3 cm³/mol. The van der Waals surface area contributed by atoms with Gasteiger partial charge in [-0.2, -0.15) is 0 Å². The summed E-state index contributed by atoms with van der Waals surface area (Å²) in [6, 6.07) is 11.5. The van der Waals surface area contributed by atoms with Gasteiger partial charge in [0.05, 0.1) is 4.83 Å². The van der Waals surface area contributed by atoms with E-state index in [0.717, 1.165) is 10.0 Å². The van der Waals surface area contributed by atoms with Gasteiger partial charge in [-0.15, -0.1) is 0 Å². The maximum atomic E-state index is 13.1. The molecule has 0 saturated carbocycles. The maximum Gasteiger partial charge on any atom is 0.124 e. The topological polar surface area (TPSA) is 0 Å². The Morgan fingerprint density at radius 1 is 1.00 bits per heavy atom. The molecule has 0 aromatic heterocycles. The fourth-order valence-electron chi connectivity index (χ4n) is 2.64. The molecule has 1 atom stereocenters. The quantitative estimate of drug-likeness (QED) is 0.595. The van der Waals surface area contributed by atoms with Gasteiger partial charge in [0.15, 0.2) is 0 Å². The van der Waals surface area contributed by atoms with E-state index in [9.17, 15) is 4.39 Å². The molecule has 0 aliphatic heterocycles. The van der Waals surface area contributed by atoms with E-state index in [4.69, 9.17) is 0 Å². The highest BCUT2D eigenvalue weighted by atomic mass is 79.9. The smallest absolute Gasteiger partial charge is 0.124 e. The minimum Gasteiger partial charge on any atom is -0.207 e. The Bertz CT molecular complexity index is 622. The second-order valence-corrected chi connectivity index (χ2v) is 6.68. The zero-order valence-electron chi connectivity index (χ0n) is 10.3. The zero-order valence-corrected chi connectivity index (χ0v) is 13.5. The van der Waals surface area contributed by atoms with Crippen molar-refractivity contribution in [2.75, 3.05) is 0 Å². The third-order valence-corrected chi connectivity index (χ3v) is 5.36. The van der Waals surface area contributed by atoms with Crippen LogP contribution in [-0.4, -0.2) is 0 Å². The lowest BCUT2D eigenvalue weighted by Crippen LogP contribution is -1.96. The van der Waals surface area contributed by atoms with Crippen LogP contribution in [0.1, 0.15) is 33.5 Å². The number of fused-ring (bicyclic) bond motifs is 1. The van der Waals surface area contributed by atoms with E-state index >= 15 is 0 Å². The minimum absolute atomic E-state index is 0.0911. The van der Waals surface area contributed by atoms with E-state index in [2.05, 4.69) is 50.1 Å². The molecule has 1 unspecified atom stereocenters. The van der Waals surface area contributed by atoms with Gasteiger partial charge in [0.1, 0.15) is 5.82 Å². The molecular weight excluding hydrogens is 371 g/mol. The van der Waals surface area contributed by atoms with Crippen LogP contribution in [0.4, 0.5) is 4.39 Å². The lowest BCUT2D eigenvalue weighted by Gasteiger charge is -2.14. The summed E-state index contributed by atoms with van der Waals surface area (Å²) >= 11 is 7.16. The van der Waals surface area contributed by atoms with Crippen molar-refractivity contribution in [3.05, 3.63) is 68.9 Å². The number of hydrogen-bond donors (Lipinski definition) is 0. The maximum absolute atomic E-state index is 13.1. The third kappa shape index (κ3) is 2.63. The van der Waals surface area contributed by atoms with E-state index in [1.807, 2.05) is 6.07 Å². The van der Waals surface area contributed by atoms with Gasteiger partial charge in [0.25, 0.3) is 0 Å². The van der Waals surface area contributed by atoms with E-state index in [0.29, 0.717) is 0 Å². The van der Waals surface area contributed by atoms with Gasteiger partial charge in [-0.3, -0.25) is 0 Å². The first kappa shape index (κ1) is 13.3. The highest BCUT2D eigenvalue weighted by molar-refractivity contribution is 9.11. The molecule has 0 bridgehead atoms. The van der Waals surface area contributed by atoms with E-state index in [-0.39, 0.29) is 10.6 Å². The molecule has 3 heteroatoms. The predicted octanol–water partition coefficient (Wildman–Crippen LogP) is 5.56. The average molecular weight is 384 g/mol. The molecule has 0 spiro atoms. The molecular formula is C16H13Br2F. The van der Waals surface area contributed by atoms with Crippen LogP contribution < -0.4 is 0 Å². The molecule has 0 N–H and O–H groups in total. The van der Waals surface area contributed by atoms with Gasteiger partial charge in [0, 0.05) is 4.47 Å². The molecule has 0 saturated heterocycles. The molecule has 0 heterocycles. The van der Waals surface area contributed by atoms with Gasteiger partial charge in [-0.05, 0) is 53.6 Å². The fourth-order valence-corrected chi connectivity index (χ4v) is 4.21. The Balaban J connectivity index is 1.97. The molecule has 3 rings (SSSR count). The fraction of sp³-hybridized carbons (Fsp3) is 0.250. The molecule has 1 aliphatic carbocycles. The second kappa shape index (κ2) is 5.37. The van der Waals surface area contributed by atoms with Crippen LogP contribution in [0, 0.1) is 5.82 Å². The first-order valence-corrected chi connectivity index (χ1v) is 8.07. The Labute approximate surface area is 129 Å². The first-order valence-electron chi connectivity index (χ1n) is 6.36. The van der Waals surface area contributed by atoms with Crippen molar-refractivity contribution < 1.29 is 4.39 Å². The number of aryl methyl sites for hydroxylation is 2. The van der Waals surface area contributed by atoms with Crippen LogP contribution >= 0.6 is 31.9 Å². The van der Waals surface area contributed by atoms with E-state index in [1.54, 1.807) is 0 Å². The minimum atomic E-state index is -0.218. The lowest BCUT2D eigenvalue weighted by molar-refractivity contribution is 0.626. The average Bonchev–Trinajstić information content (AvgIpc) is 2.85. The summed E-state index contributed by atoms with van der Waals surface area (Å²) in [6.45, 7) is 0. The van der Waals surface area contributed by atoms with Crippen LogP contribution in [0.3, 0.4) is 0 Å². The van der Waals surface area contributed by atoms with Crippen LogP contribution in [0.5, 0.6) is 0 Å². The molecule has 98 valence electrons. The van der Waals surface area contributed by atoms with Crippen molar-refractivity contribution >= 4 is 31.9 Å². The van der Waals surface area contributed by atoms with Crippen molar-refractivity contribution in [3.63, 3.8) is 0 Å². The van der Waals surface area contributed by atoms with Crippen LogP contribution in [-0.2, 0) is 12.8 Å². The Morgan fingerprint density at radius 3 is 2.58 bits per heavy atom. The Morgan fingerprint density at radius 2 is 1.79 bits per heavy atom. The molecule has 0 nitrogen and oxygen atoms in total. The number of rotatable bonds is 2. The number of halogens is 3. The molecule has 1 aliphatic rings. The van der Waals surface area contributed by atoms with Gasteiger partial charge in [0.2, 0.25) is 0 Å². The van der Waals surface area contributed by atoms with Crippen molar-refractivity contribution in [1.29, 1.82) is 0 Å². The van der Waals surface area contributed by atoms with Crippen molar-refractivity contribution in [3.8, 4) is 0 Å². The summed E-state index contributed by atoms with van der Waals surface area (Å²) in [7, 11) is 0. The molecule has 2 aromatic carbocycles. The van der Waals surface area contributed by atoms with Crippen molar-refractivity contribution in [2.45, 2.75) is 24.1 Å². The normalized spacial score (nSPS) is 15.3. The monoisotopic (exact) mass is 382 g/mol. The van der Waals surface area contributed by atoms with Crippen molar-refractivity contribution in [1.82, 2.24) is 0 Å². The Hall–Kier alpha value is -0.670. The molecule has 0 radical (unpaired) electrons. The first-order chi connectivity index (χ1) is 9.15. The van der Waals surface area contributed by atoms with E-state index < -0.39 is 0 Å². The molecule has 19 heavy (non-hydrogen) atoms. The number of alkyl halides is 1. The van der Waals surface area contributed by atoms with Crippen LogP contribution in [0.2, 0.25) is 0 Å². The molecule has 2 aromatic rings. The van der Waals surface area contributed by atoms with Gasteiger partial charge in [-0.25, -0.2) is 4.39 Å². The highest BCUT2D eigenvalue weighted by Gasteiger charge is 2.17. The van der Waals surface area contributed by atoms with Crippen LogP contribution in [0.25, 0.3) is 0 Å². The van der Waals surface area contributed by atoms with Gasteiger partial charge < -0.3 is 0 Å². The summed E-state index contributed by atoms with van der Waals surface area (Å²) in [6.07, 6.45) is 3.63. The summed E-state index contributed by atoms with van der Waals surface area (Å²) in [5.74, 6) is -0.218. The molecule has 0 fully saturated rings. The number of benzene rings is 2. The van der Waals surface area contributed by atoms with Crippen molar-refractivity contribution in [2.24, 2.45) is 0 Å². The second-order valence-electron chi connectivity index (χ2n) is 4.91. The third-order valence-electron chi connectivity index (χ3n) is 3.65. The molecule has 0 amide bonds. The SMILES string of the molecule is Fc1ccc(C(Br)c2ccc3c(c2)CCC3)c(Br)c1. The number of hydrogen-bond acceptors (Lipinski definition) is 0. The lowest BCUT2D eigenvalue weighted by atomic mass is 10.0. The summed E-state index contributed by atoms with van der Waals surface area (Å²) < 4.78 is 13.9. The standard InChI is InChI=1S/C16H13Br2F/c17-15-9-13(19)6-7-14(15)16(18)12-5-4-10-2-1-3-11(10)8-12/h4-9,16H,1-3H2. The van der Waals surface area contributed by atoms with Gasteiger partial charge in [-0.1, -0.05) is 56.1 Å².